The van der Waals surface area contributed by atoms with Crippen molar-refractivity contribution in [2.45, 2.75) is 144 Å². The minimum absolute atomic E-state index is 0.0235. The number of carbonyl (C=O) groups excluding carboxylic acids is 2. The molecule has 1 aromatic heterocycles. The topological polar surface area (TPSA) is 277 Å². The number of carboxylic acid groups (broad SMARTS) is 1. The average molecular weight is 857 g/mol. The number of hydrogen-bond donors (Lipinski definition) is 11. The number of anilines is 1. The highest BCUT2D eigenvalue weighted by Gasteiger charge is 2.61. The molecule has 2 fully saturated rings. The number of aliphatic imine (C=N–C) groups is 1. The first kappa shape index (κ1) is 45.4. The number of nitrogens with one attached hydrogen (secondary N) is 3. The van der Waals surface area contributed by atoms with E-state index in [4.69, 9.17) is 16.5 Å². The van der Waals surface area contributed by atoms with Gasteiger partial charge in [-0.15, -0.1) is 0 Å². The van der Waals surface area contributed by atoms with Gasteiger partial charge in [-0.05, 0) is 140 Å². The number of aromatic nitrogens is 1. The molecule has 13 N–H and O–H groups in total. The summed E-state index contributed by atoms with van der Waals surface area (Å²) in [5.74, 6) is -1.21. The Morgan fingerprint density at radius 3 is 2.55 bits per heavy atom. The fourth-order valence-corrected chi connectivity index (χ4v) is 11.3. The zero-order valence-electron chi connectivity index (χ0n) is 35.2. The molecule has 3 aromatic rings. The number of aliphatic hydroxyl groups excluding tert-OH is 3. The van der Waals surface area contributed by atoms with Gasteiger partial charge < -0.3 is 67.3 Å². The number of carboxylic acids is 1. The molecule has 15 nitrogen and oxygen atoms in total. The van der Waals surface area contributed by atoms with Crippen LogP contribution in [0.15, 0.2) is 65.3 Å². The number of aliphatic hydroxyl groups is 5. The summed E-state index contributed by atoms with van der Waals surface area (Å²) in [5, 5.41) is 72.0. The standard InChI is InChI=1S/C47H64N6O9/c48-33(13-7-27(25-55)8-15-40(57)58)3-1-4-34-30(11-10-29-20-28-9-6-26(16-18-54)19-32(28)21-35(29)34)22-37(51-39-5-2-17-50-39)36(23-41(59)60)43-42-31-12-14-38(56)47(62,24-31)45(61)44(42)53-46(49)52-43/h2,5-6,9,17-21,23,25,27,30-31,33-34,37-38,40,42-45,50-51,56-58,61-62H,1,3-4,7-8,10-16,22,24,48H2,(H,59,60)(H3,49,52,53)/b36-23-/t27-,30+,31+,33+,34+,37+,38+,42-,43-,44-,45+,47-/m0/s1. The van der Waals surface area contributed by atoms with Gasteiger partial charge in [0, 0.05) is 36.6 Å². The normalized spacial score (nSPS) is 29.7. The van der Waals surface area contributed by atoms with Crippen molar-refractivity contribution in [3.05, 3.63) is 77.0 Å². The van der Waals surface area contributed by atoms with Crippen molar-refractivity contribution in [1.29, 1.82) is 0 Å². The lowest BCUT2D eigenvalue weighted by molar-refractivity contribution is -0.215. The molecule has 0 saturated heterocycles. The number of guanidine groups is 1. The molecule has 12 atom stereocenters. The lowest BCUT2D eigenvalue weighted by Crippen LogP contribution is -2.73. The van der Waals surface area contributed by atoms with Crippen LogP contribution >= 0.6 is 0 Å². The maximum atomic E-state index is 12.9. The third-order valence-corrected chi connectivity index (χ3v) is 14.5. The lowest BCUT2D eigenvalue weighted by atomic mass is 9.56. The Bertz CT molecular complexity index is 2090. The number of rotatable bonds is 20. The van der Waals surface area contributed by atoms with Gasteiger partial charge in [-0.3, -0.25) is 0 Å². The summed E-state index contributed by atoms with van der Waals surface area (Å²) in [7, 11) is 0. The van der Waals surface area contributed by atoms with E-state index in [0.29, 0.717) is 56.3 Å². The zero-order valence-corrected chi connectivity index (χ0v) is 35.2. The van der Waals surface area contributed by atoms with E-state index in [1.807, 2.05) is 18.2 Å². The Morgan fingerprint density at radius 2 is 1.82 bits per heavy atom. The Balaban J connectivity index is 1.21. The van der Waals surface area contributed by atoms with E-state index in [-0.39, 0.29) is 48.5 Å². The van der Waals surface area contributed by atoms with E-state index < -0.39 is 54.1 Å². The first-order chi connectivity index (χ1) is 29.8. The smallest absolute Gasteiger partial charge is 0.328 e. The van der Waals surface area contributed by atoms with Crippen molar-refractivity contribution in [2.24, 2.45) is 40.1 Å². The van der Waals surface area contributed by atoms with Gasteiger partial charge in [-0.25, -0.2) is 9.79 Å². The summed E-state index contributed by atoms with van der Waals surface area (Å²) in [6, 6.07) is 12.1. The van der Waals surface area contributed by atoms with Crippen molar-refractivity contribution in [1.82, 2.24) is 10.3 Å². The van der Waals surface area contributed by atoms with Crippen LogP contribution in [0.3, 0.4) is 0 Å². The summed E-state index contributed by atoms with van der Waals surface area (Å²) in [6.45, 7) is 0. The molecule has 2 heterocycles. The van der Waals surface area contributed by atoms with E-state index in [2.05, 4.69) is 39.9 Å². The minimum atomic E-state index is -1.74. The van der Waals surface area contributed by atoms with Crippen molar-refractivity contribution < 1.29 is 45.0 Å². The summed E-state index contributed by atoms with van der Waals surface area (Å²) in [6.07, 6.45) is 8.36. The monoisotopic (exact) mass is 856 g/mol. The highest BCUT2D eigenvalue weighted by Crippen LogP contribution is 2.51. The van der Waals surface area contributed by atoms with Crippen LogP contribution in [0.25, 0.3) is 10.8 Å². The number of aldehydes is 2. The molecule has 2 aromatic carbocycles. The molecule has 2 bridgehead atoms. The second-order valence-corrected chi connectivity index (χ2v) is 18.4. The fraction of sp³-hybridized carbons (Fsp3) is 0.574. The number of nitrogens with zero attached hydrogens (tertiary/aromatic N) is 1. The molecule has 7 rings (SSSR count). The number of aromatic amines is 1. The average Bonchev–Trinajstić information content (AvgIpc) is 3.76. The molecule has 4 aliphatic rings. The number of hydrogen-bond acceptors (Lipinski definition) is 13. The van der Waals surface area contributed by atoms with E-state index in [1.165, 1.54) is 17.2 Å². The number of H-pyrrole nitrogens is 1. The van der Waals surface area contributed by atoms with Gasteiger partial charge in [0.15, 0.2) is 12.2 Å². The van der Waals surface area contributed by atoms with Crippen LogP contribution in [-0.2, 0) is 27.2 Å². The van der Waals surface area contributed by atoms with Gasteiger partial charge in [0.05, 0.1) is 24.2 Å². The Morgan fingerprint density at radius 1 is 1.02 bits per heavy atom. The molecule has 0 radical (unpaired) electrons. The summed E-state index contributed by atoms with van der Waals surface area (Å²) < 4.78 is 0. The van der Waals surface area contributed by atoms with Crippen molar-refractivity contribution >= 4 is 41.1 Å². The Labute approximate surface area is 362 Å². The van der Waals surface area contributed by atoms with E-state index >= 15 is 0 Å². The lowest BCUT2D eigenvalue weighted by Gasteiger charge is -2.57. The quantitative estimate of drug-likeness (QED) is 0.0443. The summed E-state index contributed by atoms with van der Waals surface area (Å²) in [5.41, 5.74) is 15.3. The van der Waals surface area contributed by atoms with Crippen LogP contribution in [0.5, 0.6) is 0 Å². The molecule has 336 valence electrons. The SMILES string of the molecule is NC1=N[C@@H](/C(=C\C(=O)O)[C@@H](C[C@H]2CCc3cc4ccc(CC=O)cc4cc3[C@@H]2CCC[C@@H](N)CC[C@H](C=O)CCC(O)O)Nc2ccc[nH]2)[C@@H]2[C@@H]3CC[C@@H](O)[C@@](O)(C3)[C@H](O)[C@H]2N1. The molecule has 0 unspecified atom stereocenters. The van der Waals surface area contributed by atoms with Crippen molar-refractivity contribution in [2.75, 3.05) is 5.32 Å². The molecule has 3 aliphatic carbocycles. The largest absolute Gasteiger partial charge is 0.478 e. The molecule has 62 heavy (non-hydrogen) atoms. The number of nitrogens with two attached hydrogens (primary N) is 2. The van der Waals surface area contributed by atoms with Gasteiger partial charge in [-0.1, -0.05) is 36.8 Å². The minimum Gasteiger partial charge on any atom is -0.478 e. The number of benzene rings is 2. The predicted octanol–water partition coefficient (Wildman–Crippen LogP) is 3.16. The molecule has 0 amide bonds. The van der Waals surface area contributed by atoms with Crippen LogP contribution in [0.2, 0.25) is 0 Å². The molecule has 0 spiro atoms. The molecule has 1 aliphatic heterocycles. The summed E-state index contributed by atoms with van der Waals surface area (Å²) >= 11 is 0. The maximum Gasteiger partial charge on any atom is 0.328 e. The van der Waals surface area contributed by atoms with Crippen LogP contribution in [-0.4, -0.2) is 108 Å². The van der Waals surface area contributed by atoms with E-state index in [0.717, 1.165) is 61.0 Å². The van der Waals surface area contributed by atoms with Crippen LogP contribution in [0.1, 0.15) is 99.7 Å². The van der Waals surface area contributed by atoms with Crippen molar-refractivity contribution in [3.8, 4) is 0 Å². The second-order valence-electron chi connectivity index (χ2n) is 18.4. The second kappa shape index (κ2) is 19.8. The van der Waals surface area contributed by atoms with Gasteiger partial charge in [0.2, 0.25) is 0 Å². The third-order valence-electron chi connectivity index (χ3n) is 14.5. The molecule has 15 heteroatoms. The van der Waals surface area contributed by atoms with Gasteiger partial charge in [0.1, 0.15) is 30.1 Å². The van der Waals surface area contributed by atoms with Crippen LogP contribution in [0, 0.1) is 23.7 Å². The molecular weight excluding hydrogens is 793 g/mol. The Hall–Kier alpha value is -4.64. The highest BCUT2D eigenvalue weighted by atomic mass is 16.5. The van der Waals surface area contributed by atoms with Crippen LogP contribution in [0.4, 0.5) is 5.82 Å². The summed E-state index contributed by atoms with van der Waals surface area (Å²) in [4.78, 5) is 44.2. The predicted molar refractivity (Wildman–Crippen MR) is 235 cm³/mol. The molecule has 2 saturated carbocycles. The first-order valence-electron chi connectivity index (χ1n) is 22.4. The first-order valence-corrected chi connectivity index (χ1v) is 22.4. The number of aliphatic carboxylic acids is 1. The van der Waals surface area contributed by atoms with Crippen LogP contribution < -0.4 is 22.1 Å². The van der Waals surface area contributed by atoms with Gasteiger partial charge in [0.25, 0.3) is 0 Å². The highest BCUT2D eigenvalue weighted by molar-refractivity contribution is 5.86. The maximum absolute atomic E-state index is 12.9. The fourth-order valence-electron chi connectivity index (χ4n) is 11.3. The van der Waals surface area contributed by atoms with Gasteiger partial charge in [-0.2, -0.15) is 0 Å². The number of fused-ring (bicyclic) bond motifs is 6. The third kappa shape index (κ3) is 10.1. The van der Waals surface area contributed by atoms with E-state index in [9.17, 15) is 45.0 Å². The number of carbonyl (C=O) groups is 3. The van der Waals surface area contributed by atoms with E-state index in [1.54, 1.807) is 6.20 Å². The molecular formula is C47H64N6O9. The Kier molecular flexibility index (Phi) is 14.5. The zero-order chi connectivity index (χ0) is 44.1. The van der Waals surface area contributed by atoms with Crippen molar-refractivity contribution in [3.63, 3.8) is 0 Å². The van der Waals surface area contributed by atoms with Gasteiger partial charge >= 0.3 is 5.97 Å². The number of aryl methyl sites for hydroxylation is 1.